The Bertz CT molecular complexity index is 453. The predicted octanol–water partition coefficient (Wildman–Crippen LogP) is 1.88. The van der Waals surface area contributed by atoms with Gasteiger partial charge in [0.15, 0.2) is 5.82 Å². The summed E-state index contributed by atoms with van der Waals surface area (Å²) in [6, 6.07) is 3.84. The molecule has 6 heteroatoms. The molecule has 18 heavy (non-hydrogen) atoms. The molecule has 0 aromatic heterocycles. The van der Waals surface area contributed by atoms with Crippen molar-refractivity contribution in [2.45, 2.75) is 6.42 Å². The largest absolute Gasteiger partial charge is 0.368 e. The van der Waals surface area contributed by atoms with Gasteiger partial charge in [-0.15, -0.1) is 0 Å². The lowest BCUT2D eigenvalue weighted by Gasteiger charge is -2.23. The van der Waals surface area contributed by atoms with E-state index in [9.17, 15) is 14.5 Å². The van der Waals surface area contributed by atoms with E-state index in [0.717, 1.165) is 38.7 Å². The van der Waals surface area contributed by atoms with Crippen molar-refractivity contribution in [1.82, 2.24) is 4.90 Å². The summed E-state index contributed by atoms with van der Waals surface area (Å²) in [5.74, 6) is -0.520. The first-order valence-corrected chi connectivity index (χ1v) is 5.95. The fourth-order valence-electron chi connectivity index (χ4n) is 2.15. The molecule has 0 atom stereocenters. The van der Waals surface area contributed by atoms with Gasteiger partial charge >= 0.3 is 0 Å². The Morgan fingerprint density at radius 1 is 1.28 bits per heavy atom. The number of benzene rings is 1. The van der Waals surface area contributed by atoms with E-state index in [1.165, 1.54) is 12.1 Å². The third-order valence-corrected chi connectivity index (χ3v) is 3.20. The van der Waals surface area contributed by atoms with Gasteiger partial charge < -0.3 is 9.80 Å². The van der Waals surface area contributed by atoms with Gasteiger partial charge in [-0.1, -0.05) is 0 Å². The van der Waals surface area contributed by atoms with E-state index in [4.69, 9.17) is 0 Å². The standard InChI is InChI=1S/C12H16FN3O2/c1-14-5-2-6-15(8-7-14)12-4-3-10(16(17)18)9-11(12)13/h3-4,9H,2,5-8H2,1H3. The molecule has 0 amide bonds. The lowest BCUT2D eigenvalue weighted by molar-refractivity contribution is -0.385. The number of anilines is 1. The molecule has 1 aliphatic heterocycles. The van der Waals surface area contributed by atoms with Crippen LogP contribution in [0.25, 0.3) is 0 Å². The molecule has 1 heterocycles. The van der Waals surface area contributed by atoms with Crippen molar-refractivity contribution >= 4 is 11.4 Å². The number of nitrogens with zero attached hydrogens (tertiary/aromatic N) is 3. The Labute approximate surface area is 105 Å². The SMILES string of the molecule is CN1CCCN(c2ccc([N+](=O)[O-])cc2F)CC1. The van der Waals surface area contributed by atoms with Gasteiger partial charge in [0.05, 0.1) is 16.7 Å². The highest BCUT2D eigenvalue weighted by Gasteiger charge is 2.18. The van der Waals surface area contributed by atoms with Gasteiger partial charge in [0, 0.05) is 25.7 Å². The molecule has 0 unspecified atom stereocenters. The smallest absolute Gasteiger partial charge is 0.272 e. The average molecular weight is 253 g/mol. The Morgan fingerprint density at radius 3 is 2.72 bits per heavy atom. The number of nitro benzene ring substituents is 1. The van der Waals surface area contributed by atoms with E-state index in [1.807, 2.05) is 11.9 Å². The van der Waals surface area contributed by atoms with E-state index in [2.05, 4.69) is 4.90 Å². The van der Waals surface area contributed by atoms with Crippen LogP contribution in [0.3, 0.4) is 0 Å². The van der Waals surface area contributed by atoms with Gasteiger partial charge in [-0.25, -0.2) is 4.39 Å². The summed E-state index contributed by atoms with van der Waals surface area (Å²) in [6.45, 7) is 3.38. The molecular formula is C12H16FN3O2. The molecule has 1 aromatic carbocycles. The average Bonchev–Trinajstić information content (AvgIpc) is 2.54. The summed E-state index contributed by atoms with van der Waals surface area (Å²) in [6.07, 6.45) is 0.965. The molecule has 0 saturated carbocycles. The number of hydrogen-bond acceptors (Lipinski definition) is 4. The minimum atomic E-state index is -0.580. The molecule has 1 aromatic rings. The van der Waals surface area contributed by atoms with Crippen molar-refractivity contribution in [1.29, 1.82) is 0 Å². The normalized spacial score (nSPS) is 17.6. The highest BCUT2D eigenvalue weighted by Crippen LogP contribution is 2.24. The fourth-order valence-corrected chi connectivity index (χ4v) is 2.15. The van der Waals surface area contributed by atoms with Gasteiger partial charge in [-0.3, -0.25) is 10.1 Å². The maximum Gasteiger partial charge on any atom is 0.272 e. The van der Waals surface area contributed by atoms with Crippen LogP contribution in [-0.2, 0) is 0 Å². The lowest BCUT2D eigenvalue weighted by atomic mass is 10.2. The molecule has 0 aliphatic carbocycles. The predicted molar refractivity (Wildman–Crippen MR) is 67.4 cm³/mol. The molecule has 1 fully saturated rings. The second-order valence-electron chi connectivity index (χ2n) is 4.54. The minimum Gasteiger partial charge on any atom is -0.368 e. The van der Waals surface area contributed by atoms with E-state index >= 15 is 0 Å². The van der Waals surface area contributed by atoms with Crippen LogP contribution in [0, 0.1) is 15.9 Å². The molecular weight excluding hydrogens is 237 g/mol. The third-order valence-electron chi connectivity index (χ3n) is 3.20. The van der Waals surface area contributed by atoms with Crippen LogP contribution < -0.4 is 4.90 Å². The lowest BCUT2D eigenvalue weighted by Crippen LogP contribution is -2.29. The van der Waals surface area contributed by atoms with E-state index in [-0.39, 0.29) is 5.69 Å². The van der Waals surface area contributed by atoms with E-state index < -0.39 is 10.7 Å². The van der Waals surface area contributed by atoms with Crippen LogP contribution in [0.4, 0.5) is 15.8 Å². The van der Waals surface area contributed by atoms with Gasteiger partial charge in [0.1, 0.15) is 0 Å². The minimum absolute atomic E-state index is 0.205. The van der Waals surface area contributed by atoms with Gasteiger partial charge in [-0.2, -0.15) is 0 Å². The van der Waals surface area contributed by atoms with Gasteiger partial charge in [0.25, 0.3) is 5.69 Å². The molecule has 2 rings (SSSR count). The quantitative estimate of drug-likeness (QED) is 0.596. The molecule has 5 nitrogen and oxygen atoms in total. The summed E-state index contributed by atoms with van der Waals surface area (Å²) in [4.78, 5) is 14.1. The summed E-state index contributed by atoms with van der Waals surface area (Å²) >= 11 is 0. The number of nitro groups is 1. The highest BCUT2D eigenvalue weighted by molar-refractivity contribution is 5.52. The second kappa shape index (κ2) is 5.30. The molecule has 0 spiro atoms. The fraction of sp³-hybridized carbons (Fsp3) is 0.500. The Kier molecular flexibility index (Phi) is 3.76. The maximum absolute atomic E-state index is 13.9. The molecule has 1 saturated heterocycles. The topological polar surface area (TPSA) is 49.6 Å². The van der Waals surface area contributed by atoms with Crippen LogP contribution >= 0.6 is 0 Å². The second-order valence-corrected chi connectivity index (χ2v) is 4.54. The summed E-state index contributed by atoms with van der Waals surface area (Å²) in [7, 11) is 2.04. The van der Waals surface area contributed by atoms with Crippen molar-refractivity contribution in [3.8, 4) is 0 Å². The number of rotatable bonds is 2. The van der Waals surface area contributed by atoms with E-state index in [1.54, 1.807) is 0 Å². The number of halogens is 1. The third kappa shape index (κ3) is 2.76. The van der Waals surface area contributed by atoms with Crippen molar-refractivity contribution in [2.75, 3.05) is 38.1 Å². The first kappa shape index (κ1) is 12.8. The Morgan fingerprint density at radius 2 is 2.06 bits per heavy atom. The van der Waals surface area contributed by atoms with Crippen LogP contribution in [0.5, 0.6) is 0 Å². The van der Waals surface area contributed by atoms with Crippen LogP contribution in [-0.4, -0.2) is 43.0 Å². The van der Waals surface area contributed by atoms with Crippen LogP contribution in [0.15, 0.2) is 18.2 Å². The van der Waals surface area contributed by atoms with Crippen LogP contribution in [0.1, 0.15) is 6.42 Å². The van der Waals surface area contributed by atoms with Gasteiger partial charge in [0.2, 0.25) is 0 Å². The van der Waals surface area contributed by atoms with Crippen molar-refractivity contribution in [2.24, 2.45) is 0 Å². The zero-order chi connectivity index (χ0) is 13.1. The first-order chi connectivity index (χ1) is 8.58. The van der Waals surface area contributed by atoms with Crippen molar-refractivity contribution in [3.63, 3.8) is 0 Å². The summed E-state index contributed by atoms with van der Waals surface area (Å²) in [5, 5.41) is 10.6. The van der Waals surface area contributed by atoms with Crippen molar-refractivity contribution in [3.05, 3.63) is 34.1 Å². The van der Waals surface area contributed by atoms with Crippen molar-refractivity contribution < 1.29 is 9.31 Å². The zero-order valence-electron chi connectivity index (χ0n) is 10.3. The zero-order valence-corrected chi connectivity index (χ0v) is 10.3. The summed E-state index contributed by atoms with van der Waals surface area (Å²) in [5.41, 5.74) is 0.249. The number of hydrogen-bond donors (Lipinski definition) is 0. The van der Waals surface area contributed by atoms with Gasteiger partial charge in [-0.05, 0) is 26.1 Å². The Balaban J connectivity index is 2.20. The monoisotopic (exact) mass is 253 g/mol. The number of non-ortho nitro benzene ring substituents is 1. The molecule has 0 bridgehead atoms. The number of likely N-dealkylation sites (N-methyl/N-ethyl adjacent to an activating group) is 1. The summed E-state index contributed by atoms with van der Waals surface area (Å²) < 4.78 is 13.9. The highest BCUT2D eigenvalue weighted by atomic mass is 19.1. The maximum atomic E-state index is 13.9. The molecule has 98 valence electrons. The molecule has 0 N–H and O–H groups in total. The Hall–Kier alpha value is -1.69. The van der Waals surface area contributed by atoms with E-state index in [0.29, 0.717) is 5.69 Å². The molecule has 1 aliphatic rings. The van der Waals surface area contributed by atoms with Crippen LogP contribution in [0.2, 0.25) is 0 Å². The first-order valence-electron chi connectivity index (χ1n) is 5.95. The molecule has 0 radical (unpaired) electrons.